The van der Waals surface area contributed by atoms with E-state index in [0.29, 0.717) is 18.8 Å². The second-order valence-corrected chi connectivity index (χ2v) is 7.54. The SMILES string of the molecule is CCOc1cc(N(CC)CC)ccc1C(O)(Cc1ccc(OC)cc1)c1ccccc1. The first kappa shape index (κ1) is 22.7. The van der Waals surface area contributed by atoms with E-state index in [1.165, 1.54) is 0 Å². The van der Waals surface area contributed by atoms with E-state index < -0.39 is 5.60 Å². The minimum absolute atomic E-state index is 0.422. The zero-order chi connectivity index (χ0) is 22.3. The molecule has 3 aromatic carbocycles. The fraction of sp³-hybridized carbons (Fsp3) is 0.333. The molecule has 3 rings (SSSR count). The first-order valence-corrected chi connectivity index (χ1v) is 11.0. The molecule has 0 saturated carbocycles. The van der Waals surface area contributed by atoms with Gasteiger partial charge >= 0.3 is 0 Å². The van der Waals surface area contributed by atoms with Crippen LogP contribution in [-0.4, -0.2) is 31.9 Å². The Hall–Kier alpha value is -2.98. The molecule has 31 heavy (non-hydrogen) atoms. The zero-order valence-electron chi connectivity index (χ0n) is 19.0. The van der Waals surface area contributed by atoms with Crippen LogP contribution in [0.4, 0.5) is 5.69 Å². The van der Waals surface area contributed by atoms with Crippen LogP contribution in [0.25, 0.3) is 0 Å². The normalized spacial score (nSPS) is 12.8. The number of aliphatic hydroxyl groups is 1. The van der Waals surface area contributed by atoms with Crippen molar-refractivity contribution in [2.75, 3.05) is 31.7 Å². The molecule has 3 aromatic rings. The number of benzene rings is 3. The number of hydrogen-bond acceptors (Lipinski definition) is 4. The molecule has 0 saturated heterocycles. The van der Waals surface area contributed by atoms with Crippen molar-refractivity contribution >= 4 is 5.69 Å². The first-order valence-electron chi connectivity index (χ1n) is 11.0. The van der Waals surface area contributed by atoms with Crippen molar-refractivity contribution in [3.8, 4) is 11.5 Å². The van der Waals surface area contributed by atoms with Crippen molar-refractivity contribution < 1.29 is 14.6 Å². The molecule has 0 heterocycles. The van der Waals surface area contributed by atoms with Crippen LogP contribution < -0.4 is 14.4 Å². The van der Waals surface area contributed by atoms with E-state index in [9.17, 15) is 5.11 Å². The molecule has 4 nitrogen and oxygen atoms in total. The summed E-state index contributed by atoms with van der Waals surface area (Å²) in [5, 5.41) is 12.2. The van der Waals surface area contributed by atoms with Crippen molar-refractivity contribution in [1.82, 2.24) is 0 Å². The summed E-state index contributed by atoms with van der Waals surface area (Å²) in [5.74, 6) is 1.51. The predicted octanol–water partition coefficient (Wildman–Crippen LogP) is 5.42. The molecule has 4 heteroatoms. The molecule has 1 atom stereocenters. The predicted molar refractivity (Wildman–Crippen MR) is 127 cm³/mol. The van der Waals surface area contributed by atoms with Gasteiger partial charge in [0.25, 0.3) is 0 Å². The van der Waals surface area contributed by atoms with Gasteiger partial charge in [0.15, 0.2) is 0 Å². The quantitative estimate of drug-likeness (QED) is 0.477. The Labute approximate surface area is 186 Å². The first-order chi connectivity index (χ1) is 15.0. The highest BCUT2D eigenvalue weighted by Gasteiger charge is 2.35. The van der Waals surface area contributed by atoms with Gasteiger partial charge in [0.1, 0.15) is 17.1 Å². The van der Waals surface area contributed by atoms with E-state index in [2.05, 4.69) is 24.8 Å². The van der Waals surface area contributed by atoms with Crippen LogP contribution in [0.3, 0.4) is 0 Å². The molecule has 0 bridgehead atoms. The average Bonchev–Trinajstić information content (AvgIpc) is 2.81. The van der Waals surface area contributed by atoms with E-state index in [1.54, 1.807) is 7.11 Å². The van der Waals surface area contributed by atoms with Gasteiger partial charge in [0.05, 0.1) is 13.7 Å². The van der Waals surface area contributed by atoms with Gasteiger partial charge in [-0.05, 0) is 56.2 Å². The summed E-state index contributed by atoms with van der Waals surface area (Å²) >= 11 is 0. The number of anilines is 1. The summed E-state index contributed by atoms with van der Waals surface area (Å²) < 4.78 is 11.3. The van der Waals surface area contributed by atoms with Gasteiger partial charge in [-0.15, -0.1) is 0 Å². The molecular formula is C27H33NO3. The highest BCUT2D eigenvalue weighted by atomic mass is 16.5. The van der Waals surface area contributed by atoms with Gasteiger partial charge in [0, 0.05) is 36.8 Å². The number of nitrogens with zero attached hydrogens (tertiary/aromatic N) is 1. The minimum atomic E-state index is -1.23. The summed E-state index contributed by atoms with van der Waals surface area (Å²) in [6.45, 7) is 8.61. The fourth-order valence-electron chi connectivity index (χ4n) is 4.02. The van der Waals surface area contributed by atoms with Gasteiger partial charge < -0.3 is 19.5 Å². The van der Waals surface area contributed by atoms with Crippen molar-refractivity contribution in [3.05, 3.63) is 89.5 Å². The van der Waals surface area contributed by atoms with Gasteiger partial charge in [0.2, 0.25) is 0 Å². The van der Waals surface area contributed by atoms with E-state index in [-0.39, 0.29) is 0 Å². The molecule has 1 N–H and O–H groups in total. The lowest BCUT2D eigenvalue weighted by molar-refractivity contribution is 0.0775. The van der Waals surface area contributed by atoms with Crippen LogP contribution in [-0.2, 0) is 12.0 Å². The van der Waals surface area contributed by atoms with Crippen molar-refractivity contribution in [2.24, 2.45) is 0 Å². The lowest BCUT2D eigenvalue weighted by Gasteiger charge is -2.32. The van der Waals surface area contributed by atoms with Gasteiger partial charge in [-0.2, -0.15) is 0 Å². The highest BCUT2D eigenvalue weighted by Crippen LogP contribution is 2.40. The van der Waals surface area contributed by atoms with E-state index in [1.807, 2.05) is 73.7 Å². The van der Waals surface area contributed by atoms with Crippen molar-refractivity contribution in [3.63, 3.8) is 0 Å². The average molecular weight is 420 g/mol. The maximum Gasteiger partial charge on any atom is 0.127 e. The Kier molecular flexibility index (Phi) is 7.59. The standard InChI is InChI=1S/C27H33NO3/c1-5-28(6-2)23-15-18-25(26(19-23)31-7-3)27(29,22-11-9-8-10-12-22)20-21-13-16-24(30-4)17-14-21/h8-19,29H,5-7,20H2,1-4H3. The zero-order valence-corrected chi connectivity index (χ0v) is 19.0. The second kappa shape index (κ2) is 10.4. The lowest BCUT2D eigenvalue weighted by atomic mass is 9.80. The largest absolute Gasteiger partial charge is 0.497 e. The third-order valence-electron chi connectivity index (χ3n) is 5.71. The van der Waals surface area contributed by atoms with Gasteiger partial charge in [-0.1, -0.05) is 42.5 Å². The molecule has 0 radical (unpaired) electrons. The van der Waals surface area contributed by atoms with E-state index in [0.717, 1.165) is 41.2 Å². The van der Waals surface area contributed by atoms with Gasteiger partial charge in [-0.25, -0.2) is 0 Å². The maximum atomic E-state index is 12.2. The molecular weight excluding hydrogens is 386 g/mol. The number of methoxy groups -OCH3 is 1. The topological polar surface area (TPSA) is 41.9 Å². The molecule has 164 valence electrons. The summed E-state index contributed by atoms with van der Waals surface area (Å²) in [6.07, 6.45) is 0.422. The summed E-state index contributed by atoms with van der Waals surface area (Å²) in [6, 6.07) is 23.8. The smallest absolute Gasteiger partial charge is 0.127 e. The fourth-order valence-corrected chi connectivity index (χ4v) is 4.02. The summed E-state index contributed by atoms with van der Waals surface area (Å²) in [5.41, 5.74) is 2.48. The second-order valence-electron chi connectivity index (χ2n) is 7.54. The molecule has 0 aromatic heterocycles. The minimum Gasteiger partial charge on any atom is -0.497 e. The molecule has 0 aliphatic carbocycles. The van der Waals surface area contributed by atoms with Gasteiger partial charge in [-0.3, -0.25) is 0 Å². The summed E-state index contributed by atoms with van der Waals surface area (Å²) in [7, 11) is 1.65. The van der Waals surface area contributed by atoms with E-state index in [4.69, 9.17) is 9.47 Å². The highest BCUT2D eigenvalue weighted by molar-refractivity contribution is 5.57. The molecule has 0 aliphatic rings. The summed E-state index contributed by atoms with van der Waals surface area (Å²) in [4.78, 5) is 2.28. The van der Waals surface area contributed by atoms with Crippen LogP contribution >= 0.6 is 0 Å². The monoisotopic (exact) mass is 419 g/mol. The number of ether oxygens (including phenoxy) is 2. The van der Waals surface area contributed by atoms with E-state index >= 15 is 0 Å². The van der Waals surface area contributed by atoms with Crippen molar-refractivity contribution in [2.45, 2.75) is 32.8 Å². The number of rotatable bonds is 10. The molecule has 0 amide bonds. The van der Waals surface area contributed by atoms with Crippen LogP contribution in [0.15, 0.2) is 72.8 Å². The molecule has 0 spiro atoms. The Bertz CT molecular complexity index is 952. The van der Waals surface area contributed by atoms with Crippen LogP contribution in [0.2, 0.25) is 0 Å². The third-order valence-corrected chi connectivity index (χ3v) is 5.71. The number of hydrogen-bond donors (Lipinski definition) is 1. The maximum absolute atomic E-state index is 12.2. The molecule has 1 unspecified atom stereocenters. The van der Waals surface area contributed by atoms with Crippen LogP contribution in [0, 0.1) is 0 Å². The van der Waals surface area contributed by atoms with Crippen LogP contribution in [0.1, 0.15) is 37.5 Å². The van der Waals surface area contributed by atoms with Crippen molar-refractivity contribution in [1.29, 1.82) is 0 Å². The molecule has 0 fully saturated rings. The van der Waals surface area contributed by atoms with Crippen LogP contribution in [0.5, 0.6) is 11.5 Å². The molecule has 0 aliphatic heterocycles. The third kappa shape index (κ3) is 5.02. The lowest BCUT2D eigenvalue weighted by Crippen LogP contribution is -2.31. The Morgan fingerprint density at radius 3 is 2.13 bits per heavy atom. The Morgan fingerprint density at radius 1 is 0.871 bits per heavy atom. The Morgan fingerprint density at radius 2 is 1.55 bits per heavy atom. The Balaban J connectivity index is 2.12.